The molecule has 0 aromatic rings. The minimum Gasteiger partial charge on any atom is -0.350 e. The summed E-state index contributed by atoms with van der Waals surface area (Å²) in [6, 6.07) is -0.541. The third-order valence-electron chi connectivity index (χ3n) is 3.04. The molecule has 0 radical (unpaired) electrons. The summed E-state index contributed by atoms with van der Waals surface area (Å²) in [4.78, 5) is 10.6. The molecule has 0 saturated carbocycles. The molecule has 2 amide bonds. The van der Waals surface area contributed by atoms with E-state index in [1.807, 2.05) is 0 Å². The molecule has 0 spiro atoms. The zero-order valence-corrected chi connectivity index (χ0v) is 11.3. The van der Waals surface area contributed by atoms with Crippen molar-refractivity contribution in [1.82, 2.24) is 5.01 Å². The Morgan fingerprint density at radius 1 is 0.882 bits per heavy atom. The fourth-order valence-corrected chi connectivity index (χ4v) is 1.88. The van der Waals surface area contributed by atoms with Crippen molar-refractivity contribution in [1.29, 1.82) is 0 Å². The van der Waals surface area contributed by atoms with E-state index in [9.17, 15) is 4.79 Å². The summed E-state index contributed by atoms with van der Waals surface area (Å²) in [5.74, 6) is 5.38. The summed E-state index contributed by atoms with van der Waals surface area (Å²) in [5.41, 5.74) is 5.02. The van der Waals surface area contributed by atoms with Gasteiger partial charge in [0.1, 0.15) is 0 Å². The molecule has 0 unspecified atom stereocenters. The quantitative estimate of drug-likeness (QED) is 0.253. The maximum Gasteiger partial charge on any atom is 0.328 e. The van der Waals surface area contributed by atoms with Crippen LogP contribution in [0.5, 0.6) is 0 Å². The number of nitrogens with zero attached hydrogens (tertiary/aromatic N) is 1. The van der Waals surface area contributed by atoms with E-state index in [1.165, 1.54) is 51.4 Å². The SMILES string of the molecule is CCCCCCCCCCCCN(N)C(N)=O. The molecule has 0 aromatic heterocycles. The van der Waals surface area contributed by atoms with E-state index >= 15 is 0 Å². The number of urea groups is 1. The molecule has 102 valence electrons. The number of hydrogen-bond acceptors (Lipinski definition) is 2. The van der Waals surface area contributed by atoms with Crippen molar-refractivity contribution in [3.8, 4) is 0 Å². The summed E-state index contributed by atoms with van der Waals surface area (Å²) < 4.78 is 0. The minimum absolute atomic E-state index is 0.541. The van der Waals surface area contributed by atoms with Gasteiger partial charge < -0.3 is 5.73 Å². The number of hydrogen-bond donors (Lipinski definition) is 2. The predicted octanol–water partition coefficient (Wildman–Crippen LogP) is 3.16. The van der Waals surface area contributed by atoms with Crippen molar-refractivity contribution in [2.24, 2.45) is 11.6 Å². The van der Waals surface area contributed by atoms with Crippen LogP contribution in [0, 0.1) is 0 Å². The second kappa shape index (κ2) is 11.7. The van der Waals surface area contributed by atoms with Crippen LogP contribution in [0.15, 0.2) is 0 Å². The number of carbonyl (C=O) groups excluding carboxylic acids is 1. The summed E-state index contributed by atoms with van der Waals surface area (Å²) >= 11 is 0. The minimum atomic E-state index is -0.541. The van der Waals surface area contributed by atoms with Gasteiger partial charge in [0.25, 0.3) is 0 Å². The van der Waals surface area contributed by atoms with Crippen LogP contribution in [0.3, 0.4) is 0 Å². The lowest BCUT2D eigenvalue weighted by Crippen LogP contribution is -2.41. The third-order valence-corrected chi connectivity index (χ3v) is 3.04. The zero-order chi connectivity index (χ0) is 12.9. The van der Waals surface area contributed by atoms with Crippen molar-refractivity contribution in [3.63, 3.8) is 0 Å². The van der Waals surface area contributed by atoms with E-state index in [0.29, 0.717) is 6.54 Å². The van der Waals surface area contributed by atoms with Crippen LogP contribution in [-0.2, 0) is 0 Å². The highest BCUT2D eigenvalue weighted by Gasteiger charge is 2.01. The van der Waals surface area contributed by atoms with E-state index in [2.05, 4.69) is 6.92 Å². The molecule has 0 heterocycles. The van der Waals surface area contributed by atoms with Gasteiger partial charge in [0, 0.05) is 6.54 Å². The lowest BCUT2D eigenvalue weighted by atomic mass is 10.1. The Morgan fingerprint density at radius 3 is 1.71 bits per heavy atom. The topological polar surface area (TPSA) is 72.3 Å². The Labute approximate surface area is 106 Å². The van der Waals surface area contributed by atoms with Crippen molar-refractivity contribution in [2.75, 3.05) is 6.54 Å². The van der Waals surface area contributed by atoms with Gasteiger partial charge in [-0.2, -0.15) is 0 Å². The maximum absolute atomic E-state index is 10.6. The Balaban J connectivity index is 3.06. The number of unbranched alkanes of at least 4 members (excludes halogenated alkanes) is 9. The second-order valence-electron chi connectivity index (χ2n) is 4.71. The normalized spacial score (nSPS) is 10.5. The first-order valence-electron chi connectivity index (χ1n) is 7.00. The highest BCUT2D eigenvalue weighted by Crippen LogP contribution is 2.10. The van der Waals surface area contributed by atoms with Crippen LogP contribution >= 0.6 is 0 Å². The van der Waals surface area contributed by atoms with Crippen molar-refractivity contribution >= 4 is 6.03 Å². The third kappa shape index (κ3) is 11.5. The van der Waals surface area contributed by atoms with Crippen LogP contribution < -0.4 is 11.6 Å². The molecule has 4 heteroatoms. The number of carbonyl (C=O) groups is 1. The molecule has 0 saturated heterocycles. The Kier molecular flexibility index (Phi) is 11.2. The molecule has 4 N–H and O–H groups in total. The fourth-order valence-electron chi connectivity index (χ4n) is 1.88. The van der Waals surface area contributed by atoms with Crippen LogP contribution in [0.4, 0.5) is 4.79 Å². The van der Waals surface area contributed by atoms with Crippen LogP contribution in [0.2, 0.25) is 0 Å². The molecule has 0 bridgehead atoms. The van der Waals surface area contributed by atoms with Crippen molar-refractivity contribution in [3.05, 3.63) is 0 Å². The van der Waals surface area contributed by atoms with Gasteiger partial charge in [0.2, 0.25) is 0 Å². The van der Waals surface area contributed by atoms with Crippen molar-refractivity contribution in [2.45, 2.75) is 71.1 Å². The molecule has 0 aliphatic carbocycles. The Hall–Kier alpha value is -0.770. The number of primary amides is 1. The van der Waals surface area contributed by atoms with Gasteiger partial charge in [-0.25, -0.2) is 10.6 Å². The molecular weight excluding hydrogens is 214 g/mol. The molecule has 0 rings (SSSR count). The smallest absolute Gasteiger partial charge is 0.328 e. The van der Waals surface area contributed by atoms with E-state index in [0.717, 1.165) is 17.9 Å². The number of rotatable bonds is 11. The van der Waals surface area contributed by atoms with Crippen LogP contribution in [-0.4, -0.2) is 17.6 Å². The lowest BCUT2D eigenvalue weighted by Gasteiger charge is -2.12. The maximum atomic E-state index is 10.6. The number of nitrogens with two attached hydrogens (primary N) is 2. The fraction of sp³-hybridized carbons (Fsp3) is 0.923. The number of amides is 2. The summed E-state index contributed by atoms with van der Waals surface area (Å²) in [6.45, 7) is 2.82. The number of hydrazine groups is 1. The molecule has 0 aromatic carbocycles. The van der Waals surface area contributed by atoms with E-state index in [4.69, 9.17) is 11.6 Å². The standard InChI is InChI=1S/C13H29N3O/c1-2-3-4-5-6-7-8-9-10-11-12-16(15)13(14)17/h2-12,15H2,1H3,(H2,14,17). The van der Waals surface area contributed by atoms with Crippen LogP contribution in [0.1, 0.15) is 71.1 Å². The Bertz CT molecular complexity index is 186. The summed E-state index contributed by atoms with van der Waals surface area (Å²) in [7, 11) is 0. The summed E-state index contributed by atoms with van der Waals surface area (Å²) in [6.07, 6.45) is 12.8. The second-order valence-corrected chi connectivity index (χ2v) is 4.71. The van der Waals surface area contributed by atoms with Gasteiger partial charge in [0.15, 0.2) is 0 Å². The first-order chi connectivity index (χ1) is 8.18. The molecule has 0 aliphatic rings. The lowest BCUT2D eigenvalue weighted by molar-refractivity contribution is 0.207. The van der Waals surface area contributed by atoms with Gasteiger partial charge >= 0.3 is 6.03 Å². The molecular formula is C13H29N3O. The van der Waals surface area contributed by atoms with Gasteiger partial charge in [0.05, 0.1) is 0 Å². The highest BCUT2D eigenvalue weighted by molar-refractivity contribution is 5.71. The highest BCUT2D eigenvalue weighted by atomic mass is 16.2. The summed E-state index contributed by atoms with van der Waals surface area (Å²) in [5, 5.41) is 1.09. The van der Waals surface area contributed by atoms with E-state index in [-0.39, 0.29) is 0 Å². The zero-order valence-electron chi connectivity index (χ0n) is 11.3. The molecule has 0 aliphatic heterocycles. The van der Waals surface area contributed by atoms with Gasteiger partial charge in [-0.3, -0.25) is 5.01 Å². The van der Waals surface area contributed by atoms with Gasteiger partial charge in [-0.05, 0) is 6.42 Å². The largest absolute Gasteiger partial charge is 0.350 e. The van der Waals surface area contributed by atoms with Crippen molar-refractivity contribution < 1.29 is 4.79 Å². The first kappa shape index (κ1) is 16.2. The van der Waals surface area contributed by atoms with Gasteiger partial charge in [-0.15, -0.1) is 0 Å². The van der Waals surface area contributed by atoms with Crippen LogP contribution in [0.25, 0.3) is 0 Å². The average Bonchev–Trinajstić information content (AvgIpc) is 2.31. The van der Waals surface area contributed by atoms with E-state index < -0.39 is 6.03 Å². The Morgan fingerprint density at radius 2 is 1.29 bits per heavy atom. The monoisotopic (exact) mass is 243 g/mol. The van der Waals surface area contributed by atoms with E-state index in [1.54, 1.807) is 0 Å². The first-order valence-corrected chi connectivity index (χ1v) is 7.00. The predicted molar refractivity (Wildman–Crippen MR) is 72.3 cm³/mol. The van der Waals surface area contributed by atoms with Gasteiger partial charge in [-0.1, -0.05) is 64.7 Å². The molecule has 17 heavy (non-hydrogen) atoms. The molecule has 4 nitrogen and oxygen atoms in total. The molecule has 0 atom stereocenters. The average molecular weight is 243 g/mol. The molecule has 0 fully saturated rings.